The van der Waals surface area contributed by atoms with Crippen molar-refractivity contribution < 1.29 is 19.1 Å². The van der Waals surface area contributed by atoms with Gasteiger partial charge in [-0.2, -0.15) is 0 Å². The summed E-state index contributed by atoms with van der Waals surface area (Å²) in [7, 11) is 3.09. The zero-order valence-electron chi connectivity index (χ0n) is 16.0. The van der Waals surface area contributed by atoms with Gasteiger partial charge in [-0.3, -0.25) is 9.59 Å². The Morgan fingerprint density at radius 2 is 1.68 bits per heavy atom. The Hall–Kier alpha value is -2.50. The van der Waals surface area contributed by atoms with Crippen LogP contribution in [-0.2, 0) is 9.59 Å². The van der Waals surface area contributed by atoms with Crippen molar-refractivity contribution in [3.8, 4) is 11.5 Å². The minimum absolute atomic E-state index is 0.0483. The van der Waals surface area contributed by atoms with Crippen LogP contribution in [0.4, 0.5) is 0 Å². The van der Waals surface area contributed by atoms with E-state index in [0.717, 1.165) is 0 Å². The lowest BCUT2D eigenvalue weighted by molar-refractivity contribution is -0.129. The van der Waals surface area contributed by atoms with Gasteiger partial charge >= 0.3 is 0 Å². The number of benzene rings is 1. The normalized spacial score (nSPS) is 11.9. The molecular weight excluding hydrogens is 320 g/mol. The highest BCUT2D eigenvalue weighted by atomic mass is 16.5. The van der Waals surface area contributed by atoms with Gasteiger partial charge in [0.15, 0.2) is 11.5 Å². The quantitative estimate of drug-likeness (QED) is 0.775. The van der Waals surface area contributed by atoms with Gasteiger partial charge in [-0.05, 0) is 37.6 Å². The second-order valence-electron chi connectivity index (χ2n) is 7.00. The van der Waals surface area contributed by atoms with Crippen molar-refractivity contribution in [2.45, 2.75) is 40.7 Å². The van der Waals surface area contributed by atoms with E-state index in [2.05, 4.69) is 10.6 Å². The zero-order valence-corrected chi connectivity index (χ0v) is 16.0. The molecule has 1 aromatic rings. The van der Waals surface area contributed by atoms with Gasteiger partial charge in [-0.1, -0.05) is 26.8 Å². The lowest BCUT2D eigenvalue weighted by Crippen LogP contribution is -2.41. The van der Waals surface area contributed by atoms with E-state index in [1.807, 2.05) is 13.8 Å². The summed E-state index contributed by atoms with van der Waals surface area (Å²) in [6.45, 7) is 9.08. The van der Waals surface area contributed by atoms with Crippen LogP contribution >= 0.6 is 0 Å². The topological polar surface area (TPSA) is 76.7 Å². The van der Waals surface area contributed by atoms with Crippen LogP contribution in [-0.4, -0.2) is 32.1 Å². The van der Waals surface area contributed by atoms with Gasteiger partial charge in [0.05, 0.1) is 14.2 Å². The molecule has 0 atom stereocenters. The van der Waals surface area contributed by atoms with Crippen molar-refractivity contribution in [1.82, 2.24) is 10.6 Å². The van der Waals surface area contributed by atoms with Gasteiger partial charge in [0.2, 0.25) is 5.91 Å². The van der Waals surface area contributed by atoms with Crippen LogP contribution in [0.5, 0.6) is 11.5 Å². The molecule has 0 saturated heterocycles. The number of rotatable bonds is 6. The van der Waals surface area contributed by atoms with E-state index in [1.54, 1.807) is 59.3 Å². The fourth-order valence-corrected chi connectivity index (χ4v) is 1.92. The second-order valence-corrected chi connectivity index (χ2v) is 7.00. The summed E-state index contributed by atoms with van der Waals surface area (Å²) in [5.74, 6) is 0.550. The Morgan fingerprint density at radius 1 is 1.08 bits per heavy atom. The number of carbonyl (C=O) groups excluding carboxylic acids is 2. The highest BCUT2D eigenvalue weighted by molar-refractivity contribution is 6.02. The van der Waals surface area contributed by atoms with E-state index in [-0.39, 0.29) is 23.6 Å². The molecule has 0 aliphatic heterocycles. The molecule has 0 unspecified atom stereocenters. The molecule has 0 saturated carbocycles. The summed E-state index contributed by atoms with van der Waals surface area (Å²) in [5, 5.41) is 5.51. The number of methoxy groups -OCH3 is 2. The standard InChI is InChI=1S/C19H28N2O4/c1-12(2)20-17(22)14(21-18(23)19(3,4)5)10-13-8-9-15(24-6)16(11-13)25-7/h8-12H,1-7H3,(H,20,22)(H,21,23)/b14-10+. The van der Waals surface area contributed by atoms with Gasteiger partial charge < -0.3 is 20.1 Å². The van der Waals surface area contributed by atoms with E-state index in [9.17, 15) is 9.59 Å². The molecule has 1 rings (SSSR count). The molecule has 2 amide bonds. The van der Waals surface area contributed by atoms with E-state index >= 15 is 0 Å². The average Bonchev–Trinajstić information content (AvgIpc) is 2.52. The van der Waals surface area contributed by atoms with Gasteiger partial charge in [0, 0.05) is 11.5 Å². The average molecular weight is 348 g/mol. The Kier molecular flexibility index (Phi) is 7.03. The predicted octanol–water partition coefficient (Wildman–Crippen LogP) is 2.73. The highest BCUT2D eigenvalue weighted by Gasteiger charge is 2.24. The van der Waals surface area contributed by atoms with Crippen LogP contribution in [0.1, 0.15) is 40.2 Å². The lowest BCUT2D eigenvalue weighted by Gasteiger charge is -2.20. The van der Waals surface area contributed by atoms with Crippen LogP contribution in [0.25, 0.3) is 6.08 Å². The maximum atomic E-state index is 12.4. The first-order valence-electron chi connectivity index (χ1n) is 8.14. The van der Waals surface area contributed by atoms with Crippen molar-refractivity contribution in [3.05, 3.63) is 29.5 Å². The molecule has 0 heterocycles. The van der Waals surface area contributed by atoms with Crippen molar-refractivity contribution >= 4 is 17.9 Å². The van der Waals surface area contributed by atoms with E-state index in [1.165, 1.54) is 0 Å². The number of hydrogen-bond acceptors (Lipinski definition) is 4. The molecule has 6 heteroatoms. The molecule has 0 aliphatic rings. The minimum Gasteiger partial charge on any atom is -0.493 e. The molecule has 138 valence electrons. The molecule has 0 aliphatic carbocycles. The van der Waals surface area contributed by atoms with Crippen molar-refractivity contribution in [2.75, 3.05) is 14.2 Å². The summed E-state index contributed by atoms with van der Waals surface area (Å²) in [5.41, 5.74) is 0.274. The van der Waals surface area contributed by atoms with Crippen LogP contribution < -0.4 is 20.1 Å². The monoisotopic (exact) mass is 348 g/mol. The summed E-state index contributed by atoms with van der Waals surface area (Å²) in [6.07, 6.45) is 1.61. The molecule has 0 aromatic heterocycles. The lowest BCUT2D eigenvalue weighted by atomic mass is 9.95. The Balaban J connectivity index is 3.24. The Labute approximate surface area is 149 Å². The van der Waals surface area contributed by atoms with Crippen molar-refractivity contribution in [3.63, 3.8) is 0 Å². The van der Waals surface area contributed by atoms with Crippen LogP contribution in [0.15, 0.2) is 23.9 Å². The first-order valence-corrected chi connectivity index (χ1v) is 8.14. The number of carbonyl (C=O) groups is 2. The number of ether oxygens (including phenoxy) is 2. The van der Waals surface area contributed by atoms with Crippen LogP contribution in [0.3, 0.4) is 0 Å². The van der Waals surface area contributed by atoms with Crippen molar-refractivity contribution in [1.29, 1.82) is 0 Å². The summed E-state index contributed by atoms with van der Waals surface area (Å²) < 4.78 is 10.5. The maximum Gasteiger partial charge on any atom is 0.268 e. The summed E-state index contributed by atoms with van der Waals surface area (Å²) >= 11 is 0. The third-order valence-electron chi connectivity index (χ3n) is 3.31. The van der Waals surface area contributed by atoms with E-state index in [4.69, 9.17) is 9.47 Å². The van der Waals surface area contributed by atoms with Crippen LogP contribution in [0, 0.1) is 5.41 Å². The minimum atomic E-state index is -0.616. The van der Waals surface area contributed by atoms with Gasteiger partial charge in [-0.15, -0.1) is 0 Å². The summed E-state index contributed by atoms with van der Waals surface area (Å²) in [4.78, 5) is 24.8. The molecule has 0 spiro atoms. The van der Waals surface area contributed by atoms with E-state index in [0.29, 0.717) is 17.1 Å². The van der Waals surface area contributed by atoms with Gasteiger partial charge in [0.25, 0.3) is 5.91 Å². The molecular formula is C19H28N2O4. The largest absolute Gasteiger partial charge is 0.493 e. The molecule has 0 bridgehead atoms. The fraction of sp³-hybridized carbons (Fsp3) is 0.474. The Bertz CT molecular complexity index is 658. The number of hydrogen-bond donors (Lipinski definition) is 2. The SMILES string of the molecule is COc1ccc(/C=C(/NC(=O)C(C)(C)C)C(=O)NC(C)C)cc1OC. The third kappa shape index (κ3) is 6.14. The second kappa shape index (κ2) is 8.55. The smallest absolute Gasteiger partial charge is 0.268 e. The predicted molar refractivity (Wildman–Crippen MR) is 98.4 cm³/mol. The molecule has 6 nitrogen and oxygen atoms in total. The first kappa shape index (κ1) is 20.5. The number of nitrogens with one attached hydrogen (secondary N) is 2. The highest BCUT2D eigenvalue weighted by Crippen LogP contribution is 2.28. The molecule has 0 fully saturated rings. The number of amides is 2. The molecule has 0 radical (unpaired) electrons. The molecule has 1 aromatic carbocycles. The molecule has 2 N–H and O–H groups in total. The van der Waals surface area contributed by atoms with Gasteiger partial charge in [-0.25, -0.2) is 0 Å². The molecule has 25 heavy (non-hydrogen) atoms. The fourth-order valence-electron chi connectivity index (χ4n) is 1.92. The van der Waals surface area contributed by atoms with Crippen LogP contribution in [0.2, 0.25) is 0 Å². The Morgan fingerprint density at radius 3 is 2.16 bits per heavy atom. The summed E-state index contributed by atoms with van der Waals surface area (Å²) in [6, 6.07) is 5.22. The van der Waals surface area contributed by atoms with Crippen molar-refractivity contribution in [2.24, 2.45) is 5.41 Å². The zero-order chi connectivity index (χ0) is 19.2. The van der Waals surface area contributed by atoms with Gasteiger partial charge in [0.1, 0.15) is 5.70 Å². The first-order chi connectivity index (χ1) is 11.6. The van der Waals surface area contributed by atoms with E-state index < -0.39 is 5.41 Å². The maximum absolute atomic E-state index is 12.4. The third-order valence-corrected chi connectivity index (χ3v) is 3.31.